The lowest BCUT2D eigenvalue weighted by molar-refractivity contribution is -0.146. The topological polar surface area (TPSA) is 52.6 Å². The summed E-state index contributed by atoms with van der Waals surface area (Å²) in [4.78, 5) is 21.9. The fourth-order valence-corrected chi connectivity index (χ4v) is 1.52. The quantitative estimate of drug-likeness (QED) is 0.476. The highest BCUT2D eigenvalue weighted by Gasteiger charge is 2.10. The zero-order valence-electron chi connectivity index (χ0n) is 11.0. The van der Waals surface area contributed by atoms with E-state index in [9.17, 15) is 9.59 Å². The predicted molar refractivity (Wildman–Crippen MR) is 73.5 cm³/mol. The summed E-state index contributed by atoms with van der Waals surface area (Å²) < 4.78 is 10.4. The highest BCUT2D eigenvalue weighted by Crippen LogP contribution is 2.18. The molecule has 2 aromatic rings. The molecule has 0 atom stereocenters. The molecule has 0 spiro atoms. The van der Waals surface area contributed by atoms with Crippen molar-refractivity contribution in [3.8, 4) is 11.5 Å². The van der Waals surface area contributed by atoms with Crippen LogP contribution in [0.4, 0.5) is 0 Å². The van der Waals surface area contributed by atoms with Gasteiger partial charge in [0.05, 0.1) is 0 Å². The van der Waals surface area contributed by atoms with Gasteiger partial charge < -0.3 is 9.47 Å². The van der Waals surface area contributed by atoms with Crippen LogP contribution in [0.3, 0.4) is 0 Å². The summed E-state index contributed by atoms with van der Waals surface area (Å²) in [7, 11) is 0. The van der Waals surface area contributed by atoms with E-state index in [1.807, 2.05) is 30.3 Å². The van der Waals surface area contributed by atoms with Gasteiger partial charge >= 0.3 is 5.97 Å². The third-order valence-corrected chi connectivity index (χ3v) is 2.57. The monoisotopic (exact) mass is 270 g/mol. The predicted octanol–water partition coefficient (Wildman–Crippen LogP) is 2.76. The van der Waals surface area contributed by atoms with Crippen LogP contribution >= 0.6 is 0 Å². The van der Waals surface area contributed by atoms with Crippen molar-refractivity contribution in [2.75, 3.05) is 0 Å². The van der Waals surface area contributed by atoms with E-state index < -0.39 is 11.8 Å². The van der Waals surface area contributed by atoms with Gasteiger partial charge in [-0.3, -0.25) is 4.79 Å². The molecule has 0 aromatic heterocycles. The van der Waals surface area contributed by atoms with Gasteiger partial charge in [-0.2, -0.15) is 0 Å². The molecule has 0 unspecified atom stereocenters. The number of hydrogen-bond acceptors (Lipinski definition) is 4. The molecule has 0 amide bonds. The summed E-state index contributed by atoms with van der Waals surface area (Å²) >= 11 is 0. The number of benzene rings is 2. The third-order valence-electron chi connectivity index (χ3n) is 2.57. The summed E-state index contributed by atoms with van der Waals surface area (Å²) in [5.41, 5.74) is 1.07. The van der Waals surface area contributed by atoms with Crippen LogP contribution in [0.5, 0.6) is 11.5 Å². The number of Topliss-reactive ketones (excluding diaryl/α,β-unsaturated/α-hetero) is 1. The van der Waals surface area contributed by atoms with Gasteiger partial charge in [-0.1, -0.05) is 30.3 Å². The molecule has 0 saturated carbocycles. The molecule has 0 fully saturated rings. The first-order valence-corrected chi connectivity index (χ1v) is 6.14. The molecule has 0 aliphatic carbocycles. The molecule has 0 bridgehead atoms. The van der Waals surface area contributed by atoms with Crippen LogP contribution < -0.4 is 9.47 Å². The van der Waals surface area contributed by atoms with E-state index >= 15 is 0 Å². The van der Waals surface area contributed by atoms with Crippen molar-refractivity contribution in [1.82, 2.24) is 0 Å². The average molecular weight is 270 g/mol. The molecule has 4 heteroatoms. The maximum atomic E-state index is 11.1. The van der Waals surface area contributed by atoms with Crippen LogP contribution in [-0.4, -0.2) is 11.8 Å². The Hall–Kier alpha value is -2.62. The van der Waals surface area contributed by atoms with Crippen molar-refractivity contribution in [2.24, 2.45) is 0 Å². The minimum atomic E-state index is -0.872. The van der Waals surface area contributed by atoms with Gasteiger partial charge in [0, 0.05) is 6.92 Å². The van der Waals surface area contributed by atoms with Crippen LogP contribution in [0.25, 0.3) is 0 Å². The average Bonchev–Trinajstić information content (AvgIpc) is 2.47. The first kappa shape index (κ1) is 13.8. The first-order chi connectivity index (χ1) is 9.65. The maximum absolute atomic E-state index is 11.1. The van der Waals surface area contributed by atoms with E-state index in [1.54, 1.807) is 24.3 Å². The Kier molecular flexibility index (Phi) is 4.50. The number of carbonyl (C=O) groups excluding carboxylic acids is 2. The second-order valence-electron chi connectivity index (χ2n) is 4.19. The summed E-state index contributed by atoms with van der Waals surface area (Å²) in [5, 5.41) is 0. The smallest absolute Gasteiger partial charge is 0.379 e. The molecule has 102 valence electrons. The minimum Gasteiger partial charge on any atom is -0.489 e. The van der Waals surface area contributed by atoms with Crippen molar-refractivity contribution in [3.05, 3.63) is 60.2 Å². The zero-order valence-corrected chi connectivity index (χ0v) is 11.0. The van der Waals surface area contributed by atoms with E-state index in [2.05, 4.69) is 0 Å². The first-order valence-electron chi connectivity index (χ1n) is 6.14. The van der Waals surface area contributed by atoms with E-state index in [1.165, 1.54) is 6.92 Å². The molecule has 4 nitrogen and oxygen atoms in total. The Bertz CT molecular complexity index is 588. The second kappa shape index (κ2) is 6.52. The normalized spacial score (nSPS) is 9.85. The van der Waals surface area contributed by atoms with Gasteiger partial charge in [0.15, 0.2) is 0 Å². The summed E-state index contributed by atoms with van der Waals surface area (Å²) in [5.74, 6) is -0.522. The van der Waals surface area contributed by atoms with Crippen molar-refractivity contribution in [1.29, 1.82) is 0 Å². The molecule has 0 aliphatic heterocycles. The zero-order chi connectivity index (χ0) is 14.4. The summed E-state index contributed by atoms with van der Waals surface area (Å²) in [6.45, 7) is 1.63. The fraction of sp³-hybridized carbons (Fsp3) is 0.125. The summed E-state index contributed by atoms with van der Waals surface area (Å²) in [6.07, 6.45) is 0. The van der Waals surface area contributed by atoms with Gasteiger partial charge in [-0.05, 0) is 29.8 Å². The van der Waals surface area contributed by atoms with Crippen LogP contribution in [0.2, 0.25) is 0 Å². The lowest BCUT2D eigenvalue weighted by atomic mass is 10.2. The standard InChI is InChI=1S/C16H14O4/c1-12(17)16(18)20-15-9-7-14(8-10-15)19-11-13-5-3-2-4-6-13/h2-10H,11H2,1H3. The highest BCUT2D eigenvalue weighted by molar-refractivity contribution is 6.33. The maximum Gasteiger partial charge on any atom is 0.379 e. The van der Waals surface area contributed by atoms with Gasteiger partial charge in [0.1, 0.15) is 18.1 Å². The van der Waals surface area contributed by atoms with Crippen molar-refractivity contribution in [3.63, 3.8) is 0 Å². The summed E-state index contributed by atoms with van der Waals surface area (Å²) in [6, 6.07) is 16.3. The SMILES string of the molecule is CC(=O)C(=O)Oc1ccc(OCc2ccccc2)cc1. The van der Waals surface area contributed by atoms with Crippen molar-refractivity contribution < 1.29 is 19.1 Å². The Morgan fingerprint density at radius 3 is 2.10 bits per heavy atom. The molecule has 2 rings (SSSR count). The van der Waals surface area contributed by atoms with Crippen molar-refractivity contribution in [2.45, 2.75) is 13.5 Å². The molecule has 0 N–H and O–H groups in total. The van der Waals surface area contributed by atoms with Crippen LogP contribution in [-0.2, 0) is 16.2 Å². The van der Waals surface area contributed by atoms with Gasteiger partial charge in [-0.25, -0.2) is 4.79 Å². The second-order valence-corrected chi connectivity index (χ2v) is 4.19. The van der Waals surface area contributed by atoms with Crippen molar-refractivity contribution >= 4 is 11.8 Å². The Balaban J connectivity index is 1.91. The lowest BCUT2D eigenvalue weighted by Crippen LogP contribution is -2.16. The Morgan fingerprint density at radius 2 is 1.50 bits per heavy atom. The van der Waals surface area contributed by atoms with Gasteiger partial charge in [0.2, 0.25) is 5.78 Å². The molecule has 0 aliphatic rings. The third kappa shape index (κ3) is 3.95. The lowest BCUT2D eigenvalue weighted by Gasteiger charge is -2.07. The molecule has 0 heterocycles. The molecule has 0 radical (unpaired) electrons. The molecular formula is C16H14O4. The van der Waals surface area contributed by atoms with E-state index in [4.69, 9.17) is 9.47 Å². The van der Waals surface area contributed by atoms with E-state index in [0.717, 1.165) is 5.56 Å². The number of ether oxygens (including phenoxy) is 2. The molecule has 20 heavy (non-hydrogen) atoms. The van der Waals surface area contributed by atoms with Crippen LogP contribution in [0.15, 0.2) is 54.6 Å². The molecule has 0 saturated heterocycles. The minimum absolute atomic E-state index is 0.317. The van der Waals surface area contributed by atoms with Gasteiger partial charge in [-0.15, -0.1) is 0 Å². The van der Waals surface area contributed by atoms with Crippen LogP contribution in [0, 0.1) is 0 Å². The van der Waals surface area contributed by atoms with E-state index in [-0.39, 0.29) is 0 Å². The number of rotatable bonds is 5. The number of hydrogen-bond donors (Lipinski definition) is 0. The van der Waals surface area contributed by atoms with E-state index in [0.29, 0.717) is 18.1 Å². The molecular weight excluding hydrogens is 256 g/mol. The Labute approximate surface area is 116 Å². The largest absolute Gasteiger partial charge is 0.489 e. The number of esters is 1. The number of ketones is 1. The van der Waals surface area contributed by atoms with Gasteiger partial charge in [0.25, 0.3) is 0 Å². The molecule has 2 aromatic carbocycles. The Morgan fingerprint density at radius 1 is 0.900 bits per heavy atom. The van der Waals surface area contributed by atoms with Crippen LogP contribution in [0.1, 0.15) is 12.5 Å². The number of carbonyl (C=O) groups is 2. The highest BCUT2D eigenvalue weighted by atomic mass is 16.5. The fourth-order valence-electron chi connectivity index (χ4n) is 1.52.